The van der Waals surface area contributed by atoms with Gasteiger partial charge in [-0.15, -0.1) is 0 Å². The second kappa shape index (κ2) is 10.1. The Morgan fingerprint density at radius 2 is 1.76 bits per heavy atom. The van der Waals surface area contributed by atoms with Gasteiger partial charge in [0.15, 0.2) is 0 Å². The highest BCUT2D eigenvalue weighted by molar-refractivity contribution is 5.92. The zero-order valence-corrected chi connectivity index (χ0v) is 12.8. The van der Waals surface area contributed by atoms with Crippen LogP contribution >= 0.6 is 0 Å². The van der Waals surface area contributed by atoms with Gasteiger partial charge in [0.05, 0.1) is 5.56 Å². The van der Waals surface area contributed by atoms with E-state index < -0.39 is 12.3 Å². The summed E-state index contributed by atoms with van der Waals surface area (Å²) in [5, 5.41) is 0. The third-order valence-electron chi connectivity index (χ3n) is 3.08. The Labute approximate surface area is 126 Å². The molecular weight excluding hydrogens is 268 g/mol. The molecule has 116 valence electrons. The van der Waals surface area contributed by atoms with Crippen LogP contribution in [0, 0.1) is 0 Å². The van der Waals surface area contributed by atoms with Crippen LogP contribution in [0.2, 0.25) is 0 Å². The van der Waals surface area contributed by atoms with E-state index in [9.17, 15) is 9.59 Å². The Morgan fingerprint density at radius 1 is 1.05 bits per heavy atom. The molecular formula is C17H24O4. The molecule has 0 radical (unpaired) electrons. The van der Waals surface area contributed by atoms with Gasteiger partial charge in [0.25, 0.3) is 6.29 Å². The summed E-state index contributed by atoms with van der Waals surface area (Å²) in [4.78, 5) is 24.0. The summed E-state index contributed by atoms with van der Waals surface area (Å²) in [6.45, 7) is 4.22. The smallest absolute Gasteiger partial charge is 0.340 e. The molecule has 0 aliphatic rings. The summed E-state index contributed by atoms with van der Waals surface area (Å²) in [6, 6.07) is 8.61. The molecule has 0 N–H and O–H groups in total. The van der Waals surface area contributed by atoms with Gasteiger partial charge in [-0.2, -0.15) is 0 Å². The summed E-state index contributed by atoms with van der Waals surface area (Å²) in [5.74, 6) is -0.701. The minimum Gasteiger partial charge on any atom is -0.424 e. The maximum Gasteiger partial charge on any atom is 0.340 e. The van der Waals surface area contributed by atoms with Gasteiger partial charge in [0, 0.05) is 13.0 Å². The molecule has 1 atom stereocenters. The maximum atomic E-state index is 12.1. The van der Waals surface area contributed by atoms with Gasteiger partial charge in [-0.3, -0.25) is 4.79 Å². The fourth-order valence-electron chi connectivity index (χ4n) is 1.93. The predicted octanol–water partition coefficient (Wildman–Crippen LogP) is 3.75. The number of ether oxygens (including phenoxy) is 2. The lowest BCUT2D eigenvalue weighted by Gasteiger charge is -2.16. The maximum absolute atomic E-state index is 12.1. The SMILES string of the molecule is CCCCCCC(=O)C(OCC)OC(=O)c1ccccc1. The minimum atomic E-state index is -1.09. The Morgan fingerprint density at radius 3 is 2.38 bits per heavy atom. The first-order chi connectivity index (χ1) is 10.2. The first-order valence-electron chi connectivity index (χ1n) is 7.59. The highest BCUT2D eigenvalue weighted by Gasteiger charge is 2.23. The molecule has 1 unspecified atom stereocenters. The van der Waals surface area contributed by atoms with Crippen molar-refractivity contribution in [2.45, 2.75) is 52.2 Å². The largest absolute Gasteiger partial charge is 0.424 e. The molecule has 4 heteroatoms. The van der Waals surface area contributed by atoms with E-state index in [0.29, 0.717) is 18.6 Å². The number of esters is 1. The van der Waals surface area contributed by atoms with Crippen LogP contribution in [0.1, 0.15) is 56.3 Å². The molecule has 4 nitrogen and oxygen atoms in total. The third-order valence-corrected chi connectivity index (χ3v) is 3.08. The van der Waals surface area contributed by atoms with Gasteiger partial charge < -0.3 is 9.47 Å². The van der Waals surface area contributed by atoms with Crippen LogP contribution in [-0.2, 0) is 14.3 Å². The normalized spacial score (nSPS) is 11.9. The molecule has 0 aliphatic carbocycles. The van der Waals surface area contributed by atoms with Gasteiger partial charge in [-0.1, -0.05) is 44.4 Å². The standard InChI is InChI=1S/C17H24O4/c1-3-5-6-10-13-15(18)17(20-4-2)21-16(19)14-11-8-7-9-12-14/h7-9,11-12,17H,3-6,10,13H2,1-2H3. The van der Waals surface area contributed by atoms with Gasteiger partial charge in [0.2, 0.25) is 5.78 Å². The molecule has 0 aromatic heterocycles. The Bertz CT molecular complexity index is 428. The first-order valence-corrected chi connectivity index (χ1v) is 7.59. The first kappa shape index (κ1) is 17.4. The number of unbranched alkanes of at least 4 members (excludes halogenated alkanes) is 3. The number of rotatable bonds is 10. The van der Waals surface area contributed by atoms with Crippen molar-refractivity contribution in [3.63, 3.8) is 0 Å². The van der Waals surface area contributed by atoms with Crippen LogP contribution in [0.5, 0.6) is 0 Å². The summed E-state index contributed by atoms with van der Waals surface area (Å²) in [5.41, 5.74) is 0.418. The lowest BCUT2D eigenvalue weighted by atomic mass is 10.1. The fourth-order valence-corrected chi connectivity index (χ4v) is 1.93. The molecule has 0 fully saturated rings. The van der Waals surface area contributed by atoms with Crippen molar-refractivity contribution in [1.29, 1.82) is 0 Å². The number of benzene rings is 1. The monoisotopic (exact) mass is 292 g/mol. The zero-order chi connectivity index (χ0) is 15.5. The van der Waals surface area contributed by atoms with Crippen LogP contribution < -0.4 is 0 Å². The quantitative estimate of drug-likeness (QED) is 0.374. The molecule has 0 saturated heterocycles. The number of Topliss-reactive ketones (excluding diaryl/α,β-unsaturated/α-hetero) is 1. The highest BCUT2D eigenvalue weighted by atomic mass is 16.7. The van der Waals surface area contributed by atoms with E-state index in [-0.39, 0.29) is 5.78 Å². The number of carbonyl (C=O) groups excluding carboxylic acids is 2. The Kier molecular flexibility index (Phi) is 8.36. The van der Waals surface area contributed by atoms with Crippen molar-refractivity contribution in [3.8, 4) is 0 Å². The lowest BCUT2D eigenvalue weighted by Crippen LogP contribution is -2.30. The van der Waals surface area contributed by atoms with Crippen molar-refractivity contribution in [1.82, 2.24) is 0 Å². The van der Waals surface area contributed by atoms with E-state index in [1.807, 2.05) is 6.07 Å². The van der Waals surface area contributed by atoms with Crippen molar-refractivity contribution in [2.24, 2.45) is 0 Å². The average Bonchev–Trinajstić information content (AvgIpc) is 2.51. The molecule has 1 aromatic carbocycles. The average molecular weight is 292 g/mol. The van der Waals surface area contributed by atoms with Crippen LogP contribution in [-0.4, -0.2) is 24.6 Å². The van der Waals surface area contributed by atoms with Crippen molar-refractivity contribution >= 4 is 11.8 Å². The topological polar surface area (TPSA) is 52.6 Å². The van der Waals surface area contributed by atoms with Crippen molar-refractivity contribution in [2.75, 3.05) is 6.61 Å². The molecule has 0 amide bonds. The molecule has 0 aliphatic heterocycles. The van der Waals surface area contributed by atoms with E-state index in [0.717, 1.165) is 25.7 Å². The van der Waals surface area contributed by atoms with Gasteiger partial charge >= 0.3 is 5.97 Å². The molecule has 21 heavy (non-hydrogen) atoms. The van der Waals surface area contributed by atoms with Crippen LogP contribution in [0.4, 0.5) is 0 Å². The van der Waals surface area contributed by atoms with Gasteiger partial charge in [0.1, 0.15) is 0 Å². The summed E-state index contributed by atoms with van der Waals surface area (Å²) < 4.78 is 10.4. The summed E-state index contributed by atoms with van der Waals surface area (Å²) in [6.07, 6.45) is 3.33. The second-order valence-electron chi connectivity index (χ2n) is 4.84. The minimum absolute atomic E-state index is 0.169. The van der Waals surface area contributed by atoms with E-state index in [1.165, 1.54) is 0 Å². The van der Waals surface area contributed by atoms with Crippen LogP contribution in [0.25, 0.3) is 0 Å². The molecule has 0 spiro atoms. The number of carbonyl (C=O) groups is 2. The van der Waals surface area contributed by atoms with E-state index in [1.54, 1.807) is 31.2 Å². The highest BCUT2D eigenvalue weighted by Crippen LogP contribution is 2.10. The fraction of sp³-hybridized carbons (Fsp3) is 0.529. The number of hydrogen-bond acceptors (Lipinski definition) is 4. The second-order valence-corrected chi connectivity index (χ2v) is 4.84. The zero-order valence-electron chi connectivity index (χ0n) is 12.8. The Hall–Kier alpha value is -1.68. The number of ketones is 1. The van der Waals surface area contributed by atoms with E-state index in [2.05, 4.69) is 6.92 Å². The van der Waals surface area contributed by atoms with E-state index in [4.69, 9.17) is 9.47 Å². The van der Waals surface area contributed by atoms with E-state index >= 15 is 0 Å². The lowest BCUT2D eigenvalue weighted by molar-refractivity contribution is -0.156. The van der Waals surface area contributed by atoms with Gasteiger partial charge in [-0.05, 0) is 25.5 Å². The molecule has 1 aromatic rings. The molecule has 0 heterocycles. The van der Waals surface area contributed by atoms with Crippen LogP contribution in [0.3, 0.4) is 0 Å². The van der Waals surface area contributed by atoms with Crippen molar-refractivity contribution in [3.05, 3.63) is 35.9 Å². The third kappa shape index (κ3) is 6.54. The molecule has 0 bridgehead atoms. The Balaban J connectivity index is 2.52. The predicted molar refractivity (Wildman–Crippen MR) is 81.0 cm³/mol. The number of hydrogen-bond donors (Lipinski definition) is 0. The van der Waals surface area contributed by atoms with Crippen LogP contribution in [0.15, 0.2) is 30.3 Å². The van der Waals surface area contributed by atoms with Crippen molar-refractivity contribution < 1.29 is 19.1 Å². The molecule has 1 rings (SSSR count). The van der Waals surface area contributed by atoms with Gasteiger partial charge in [-0.25, -0.2) is 4.79 Å². The summed E-state index contributed by atoms with van der Waals surface area (Å²) in [7, 11) is 0. The summed E-state index contributed by atoms with van der Waals surface area (Å²) >= 11 is 0. The molecule has 0 saturated carbocycles.